The van der Waals surface area contributed by atoms with Crippen molar-refractivity contribution >= 4 is 55.5 Å². The maximum absolute atomic E-state index is 13.4. The lowest BCUT2D eigenvalue weighted by molar-refractivity contribution is -0.112. The fourth-order valence-electron chi connectivity index (χ4n) is 2.83. The van der Waals surface area contributed by atoms with Crippen LogP contribution in [0.1, 0.15) is 21.5 Å². The largest absolute Gasteiger partial charge is 0.487 e. The fourth-order valence-corrected chi connectivity index (χ4v) is 4.28. The maximum Gasteiger partial charge on any atom is 0.335 e. The molecular formula is C24H15Br2FN2O4. The van der Waals surface area contributed by atoms with Crippen LogP contribution >= 0.6 is 31.9 Å². The number of halogens is 3. The monoisotopic (exact) mass is 572 g/mol. The van der Waals surface area contributed by atoms with E-state index in [0.717, 1.165) is 0 Å². The Morgan fingerprint density at radius 2 is 1.79 bits per heavy atom. The standard InChI is InChI=1S/C24H15Br2FN2O4/c25-20-9-15(10-21(26)22(20)33-13-14-3-1-5-18(27)8-14)7-17(12-28)23(30)29-19-6-2-4-16(11-19)24(31)32/h1-11H,13H2,(H,29,30)(H,31,32)/b17-7-. The van der Waals surface area contributed by atoms with Crippen molar-refractivity contribution in [1.82, 2.24) is 0 Å². The summed E-state index contributed by atoms with van der Waals surface area (Å²) in [7, 11) is 0. The van der Waals surface area contributed by atoms with E-state index in [1.54, 1.807) is 24.3 Å². The second-order valence-electron chi connectivity index (χ2n) is 6.74. The lowest BCUT2D eigenvalue weighted by Crippen LogP contribution is -2.14. The third kappa shape index (κ3) is 6.51. The van der Waals surface area contributed by atoms with Gasteiger partial charge in [0.05, 0.1) is 14.5 Å². The molecule has 0 unspecified atom stereocenters. The molecule has 0 fully saturated rings. The molecule has 0 radical (unpaired) electrons. The highest BCUT2D eigenvalue weighted by atomic mass is 79.9. The van der Waals surface area contributed by atoms with Crippen LogP contribution in [-0.4, -0.2) is 17.0 Å². The maximum atomic E-state index is 13.4. The molecule has 0 saturated heterocycles. The number of nitrogens with zero attached hydrogens (tertiary/aromatic N) is 1. The molecule has 3 rings (SSSR count). The SMILES string of the molecule is N#C/C(=C/c1cc(Br)c(OCc2cccc(F)c2)c(Br)c1)C(=O)Nc1cccc(C(=O)O)c1. The summed E-state index contributed by atoms with van der Waals surface area (Å²) < 4.78 is 20.3. The molecule has 0 spiro atoms. The molecule has 1 amide bonds. The van der Waals surface area contributed by atoms with Crippen molar-refractivity contribution in [2.24, 2.45) is 0 Å². The van der Waals surface area contributed by atoms with E-state index in [2.05, 4.69) is 37.2 Å². The van der Waals surface area contributed by atoms with Gasteiger partial charge in [-0.2, -0.15) is 5.26 Å². The van der Waals surface area contributed by atoms with Gasteiger partial charge >= 0.3 is 5.97 Å². The predicted molar refractivity (Wildman–Crippen MR) is 128 cm³/mol. The molecule has 166 valence electrons. The predicted octanol–water partition coefficient (Wildman–Crippen LogP) is 6.17. The van der Waals surface area contributed by atoms with Crippen LogP contribution in [0, 0.1) is 17.1 Å². The average molecular weight is 574 g/mol. The highest BCUT2D eigenvalue weighted by Gasteiger charge is 2.14. The minimum absolute atomic E-state index is 0.0111. The molecule has 0 bridgehead atoms. The quantitative estimate of drug-likeness (QED) is 0.260. The van der Waals surface area contributed by atoms with Gasteiger partial charge in [-0.15, -0.1) is 0 Å². The Labute approximate surface area is 205 Å². The number of rotatable bonds is 7. The average Bonchev–Trinajstić information content (AvgIpc) is 2.77. The summed E-state index contributed by atoms with van der Waals surface area (Å²) in [5.74, 6) is -1.69. The van der Waals surface area contributed by atoms with Gasteiger partial charge in [-0.05, 0) is 91.5 Å². The Morgan fingerprint density at radius 3 is 2.42 bits per heavy atom. The Bertz CT molecular complexity index is 1280. The van der Waals surface area contributed by atoms with Crippen LogP contribution in [0.5, 0.6) is 5.75 Å². The molecule has 3 aromatic rings. The Hall–Kier alpha value is -3.48. The summed E-state index contributed by atoms with van der Waals surface area (Å²) in [5, 5.41) is 21.0. The van der Waals surface area contributed by atoms with Gasteiger partial charge in [0.25, 0.3) is 5.91 Å². The number of ether oxygens (including phenoxy) is 1. The van der Waals surface area contributed by atoms with E-state index >= 15 is 0 Å². The number of carbonyl (C=O) groups is 2. The normalized spacial score (nSPS) is 10.9. The molecule has 6 nitrogen and oxygen atoms in total. The number of nitriles is 1. The molecule has 0 aliphatic heterocycles. The second-order valence-corrected chi connectivity index (χ2v) is 8.45. The van der Waals surface area contributed by atoms with Gasteiger partial charge in [0.2, 0.25) is 0 Å². The lowest BCUT2D eigenvalue weighted by atomic mass is 10.1. The first-order chi connectivity index (χ1) is 15.8. The molecule has 9 heteroatoms. The van der Waals surface area contributed by atoms with E-state index in [0.29, 0.717) is 25.8 Å². The highest BCUT2D eigenvalue weighted by molar-refractivity contribution is 9.11. The first-order valence-corrected chi connectivity index (χ1v) is 11.0. The van der Waals surface area contributed by atoms with Crippen LogP contribution in [-0.2, 0) is 11.4 Å². The summed E-state index contributed by atoms with van der Waals surface area (Å²) in [5.41, 5.74) is 1.29. The van der Waals surface area contributed by atoms with Gasteiger partial charge in [0.15, 0.2) is 0 Å². The van der Waals surface area contributed by atoms with Crippen molar-refractivity contribution < 1.29 is 23.8 Å². The molecule has 3 aromatic carbocycles. The molecule has 0 heterocycles. The van der Waals surface area contributed by atoms with Gasteiger partial charge in [0, 0.05) is 5.69 Å². The van der Waals surface area contributed by atoms with Gasteiger partial charge in [-0.3, -0.25) is 4.79 Å². The third-order valence-corrected chi connectivity index (χ3v) is 5.51. The molecular weight excluding hydrogens is 559 g/mol. The van der Waals surface area contributed by atoms with E-state index in [1.807, 2.05) is 6.07 Å². The van der Waals surface area contributed by atoms with Crippen molar-refractivity contribution in [2.75, 3.05) is 5.32 Å². The summed E-state index contributed by atoms with van der Waals surface area (Å²) >= 11 is 6.83. The Morgan fingerprint density at radius 1 is 1.09 bits per heavy atom. The number of nitrogens with one attached hydrogen (secondary N) is 1. The summed E-state index contributed by atoms with van der Waals surface area (Å²) in [4.78, 5) is 23.6. The number of hydrogen-bond donors (Lipinski definition) is 2. The smallest absolute Gasteiger partial charge is 0.335 e. The zero-order chi connectivity index (χ0) is 24.0. The van der Waals surface area contributed by atoms with Gasteiger partial charge in [-0.25, -0.2) is 9.18 Å². The summed E-state index contributed by atoms with van der Waals surface area (Å²) in [6.07, 6.45) is 1.39. The highest BCUT2D eigenvalue weighted by Crippen LogP contribution is 2.36. The first kappa shape index (κ1) is 24.2. The van der Waals surface area contributed by atoms with E-state index < -0.39 is 11.9 Å². The zero-order valence-corrected chi connectivity index (χ0v) is 20.0. The van der Waals surface area contributed by atoms with E-state index in [-0.39, 0.29) is 29.2 Å². The first-order valence-electron chi connectivity index (χ1n) is 9.39. The molecule has 33 heavy (non-hydrogen) atoms. The molecule has 0 atom stereocenters. The number of amides is 1. The topological polar surface area (TPSA) is 99.4 Å². The number of carboxylic acids is 1. The zero-order valence-electron chi connectivity index (χ0n) is 16.8. The molecule has 0 saturated carbocycles. The van der Waals surface area contributed by atoms with Crippen LogP contribution < -0.4 is 10.1 Å². The second kappa shape index (κ2) is 10.9. The summed E-state index contributed by atoms with van der Waals surface area (Å²) in [6.45, 7) is 0.144. The summed E-state index contributed by atoms with van der Waals surface area (Å²) in [6, 6.07) is 17.0. The minimum atomic E-state index is -1.13. The third-order valence-electron chi connectivity index (χ3n) is 4.34. The van der Waals surface area contributed by atoms with Crippen LogP contribution in [0.4, 0.5) is 10.1 Å². The van der Waals surface area contributed by atoms with Crippen molar-refractivity contribution in [2.45, 2.75) is 6.61 Å². The van der Waals surface area contributed by atoms with Crippen LogP contribution in [0.3, 0.4) is 0 Å². The van der Waals surface area contributed by atoms with E-state index in [9.17, 15) is 19.2 Å². The number of hydrogen-bond acceptors (Lipinski definition) is 4. The van der Waals surface area contributed by atoms with Gasteiger partial charge in [-0.1, -0.05) is 18.2 Å². The number of carboxylic acid groups (broad SMARTS) is 1. The number of aromatic carboxylic acids is 1. The number of carbonyl (C=O) groups excluding carboxylic acids is 1. The van der Waals surface area contributed by atoms with E-state index in [1.165, 1.54) is 42.5 Å². The number of anilines is 1. The molecule has 2 N–H and O–H groups in total. The van der Waals surface area contributed by atoms with E-state index in [4.69, 9.17) is 9.84 Å². The fraction of sp³-hybridized carbons (Fsp3) is 0.0417. The number of benzene rings is 3. The van der Waals surface area contributed by atoms with Crippen molar-refractivity contribution in [3.63, 3.8) is 0 Å². The molecule has 0 aliphatic carbocycles. The van der Waals surface area contributed by atoms with Crippen molar-refractivity contribution in [1.29, 1.82) is 5.26 Å². The van der Waals surface area contributed by atoms with Crippen LogP contribution in [0.25, 0.3) is 6.08 Å². The minimum Gasteiger partial charge on any atom is -0.487 e. The van der Waals surface area contributed by atoms with Crippen molar-refractivity contribution in [3.05, 3.63) is 97.7 Å². The molecule has 0 aliphatic rings. The van der Waals surface area contributed by atoms with Crippen LogP contribution in [0.15, 0.2) is 75.2 Å². The van der Waals surface area contributed by atoms with Crippen LogP contribution in [0.2, 0.25) is 0 Å². The van der Waals surface area contributed by atoms with Gasteiger partial charge < -0.3 is 15.2 Å². The Kier molecular flexibility index (Phi) is 7.98. The molecule has 0 aromatic heterocycles. The Balaban J connectivity index is 1.78. The lowest BCUT2D eigenvalue weighted by Gasteiger charge is -2.12. The van der Waals surface area contributed by atoms with Crippen molar-refractivity contribution in [3.8, 4) is 11.8 Å². The van der Waals surface area contributed by atoms with Gasteiger partial charge in [0.1, 0.15) is 29.8 Å².